The first-order chi connectivity index (χ1) is 7.36. The Balaban J connectivity index is 0.00000128. The number of carbonyl (C=O) groups is 1. The van der Waals surface area contributed by atoms with Crippen molar-refractivity contribution < 1.29 is 13.9 Å². The molecule has 5 nitrogen and oxygen atoms in total. The van der Waals surface area contributed by atoms with Crippen LogP contribution in [0.15, 0.2) is 22.8 Å². The summed E-state index contributed by atoms with van der Waals surface area (Å²) < 4.78 is 10.3. The Morgan fingerprint density at radius 3 is 3.12 bits per heavy atom. The van der Waals surface area contributed by atoms with Crippen LogP contribution in [0.3, 0.4) is 0 Å². The van der Waals surface area contributed by atoms with Crippen LogP contribution in [-0.4, -0.2) is 31.7 Å². The van der Waals surface area contributed by atoms with Gasteiger partial charge in [-0.3, -0.25) is 4.79 Å². The zero-order valence-electron chi connectivity index (χ0n) is 8.77. The molecule has 1 amide bonds. The van der Waals surface area contributed by atoms with Crippen LogP contribution in [-0.2, 0) is 16.1 Å². The van der Waals surface area contributed by atoms with E-state index in [0.29, 0.717) is 19.8 Å². The number of hydrogen-bond acceptors (Lipinski definition) is 4. The minimum atomic E-state index is -0.242. The summed E-state index contributed by atoms with van der Waals surface area (Å²) in [5.41, 5.74) is 0. The number of amides is 1. The van der Waals surface area contributed by atoms with Crippen LogP contribution >= 0.6 is 12.4 Å². The number of hydrogen-bond donors (Lipinski definition) is 2. The van der Waals surface area contributed by atoms with Gasteiger partial charge in [0, 0.05) is 6.54 Å². The molecule has 16 heavy (non-hydrogen) atoms. The molecule has 0 saturated carbocycles. The van der Waals surface area contributed by atoms with Crippen LogP contribution in [0.4, 0.5) is 0 Å². The first-order valence-electron chi connectivity index (χ1n) is 4.97. The van der Waals surface area contributed by atoms with E-state index >= 15 is 0 Å². The molecule has 0 bridgehead atoms. The fourth-order valence-electron chi connectivity index (χ4n) is 1.44. The number of nitrogens with one attached hydrogen (secondary N) is 2. The van der Waals surface area contributed by atoms with Gasteiger partial charge in [-0.2, -0.15) is 0 Å². The van der Waals surface area contributed by atoms with Crippen molar-refractivity contribution in [3.8, 4) is 0 Å². The molecule has 0 spiro atoms. The van der Waals surface area contributed by atoms with Gasteiger partial charge in [0.15, 0.2) is 0 Å². The van der Waals surface area contributed by atoms with Crippen LogP contribution < -0.4 is 10.6 Å². The van der Waals surface area contributed by atoms with Gasteiger partial charge >= 0.3 is 0 Å². The topological polar surface area (TPSA) is 63.5 Å². The number of morpholine rings is 1. The fraction of sp³-hybridized carbons (Fsp3) is 0.500. The van der Waals surface area contributed by atoms with Gasteiger partial charge in [0.25, 0.3) is 0 Å². The fourth-order valence-corrected chi connectivity index (χ4v) is 1.44. The molecule has 0 aromatic carbocycles. The standard InChI is InChI=1S/C10H14N2O3.ClH/c13-10(9-7-14-5-3-11-9)12-6-8-2-1-4-15-8;/h1-2,4,9,11H,3,5-7H2,(H,12,13);1H. The molecule has 0 aliphatic carbocycles. The highest BCUT2D eigenvalue weighted by Gasteiger charge is 2.20. The molecule has 1 atom stereocenters. The summed E-state index contributed by atoms with van der Waals surface area (Å²) in [6.45, 7) is 2.24. The van der Waals surface area contributed by atoms with Crippen molar-refractivity contribution in [3.63, 3.8) is 0 Å². The summed E-state index contributed by atoms with van der Waals surface area (Å²) in [5.74, 6) is 0.700. The number of carbonyl (C=O) groups excluding carboxylic acids is 1. The van der Waals surface area contributed by atoms with E-state index in [2.05, 4.69) is 10.6 Å². The highest BCUT2D eigenvalue weighted by molar-refractivity contribution is 5.85. The summed E-state index contributed by atoms with van der Waals surface area (Å²) in [7, 11) is 0. The molecule has 1 unspecified atom stereocenters. The van der Waals surface area contributed by atoms with Crippen molar-refractivity contribution in [2.24, 2.45) is 0 Å². The normalized spacial score (nSPS) is 19.9. The lowest BCUT2D eigenvalue weighted by Crippen LogP contribution is -2.51. The Kier molecular flexibility index (Phi) is 5.31. The van der Waals surface area contributed by atoms with E-state index in [-0.39, 0.29) is 24.4 Å². The third-order valence-electron chi connectivity index (χ3n) is 2.26. The molecular weight excluding hydrogens is 232 g/mol. The quantitative estimate of drug-likeness (QED) is 0.806. The molecule has 1 saturated heterocycles. The van der Waals surface area contributed by atoms with Gasteiger partial charge in [0.1, 0.15) is 11.8 Å². The van der Waals surface area contributed by atoms with Crippen LogP contribution in [0.25, 0.3) is 0 Å². The Morgan fingerprint density at radius 1 is 1.62 bits per heavy atom. The molecule has 1 aromatic heterocycles. The average molecular weight is 247 g/mol. The van der Waals surface area contributed by atoms with Gasteiger partial charge in [-0.15, -0.1) is 12.4 Å². The van der Waals surface area contributed by atoms with Crippen molar-refractivity contribution in [2.45, 2.75) is 12.6 Å². The van der Waals surface area contributed by atoms with E-state index in [1.807, 2.05) is 6.07 Å². The maximum atomic E-state index is 11.6. The zero-order chi connectivity index (χ0) is 10.5. The van der Waals surface area contributed by atoms with E-state index in [1.165, 1.54) is 0 Å². The lowest BCUT2D eigenvalue weighted by molar-refractivity contribution is -0.126. The van der Waals surface area contributed by atoms with Gasteiger partial charge < -0.3 is 19.8 Å². The Labute approximate surface area is 99.9 Å². The van der Waals surface area contributed by atoms with Crippen LogP contribution in [0, 0.1) is 0 Å². The monoisotopic (exact) mass is 246 g/mol. The van der Waals surface area contributed by atoms with E-state index < -0.39 is 0 Å². The van der Waals surface area contributed by atoms with Gasteiger partial charge in [-0.25, -0.2) is 0 Å². The van der Waals surface area contributed by atoms with E-state index in [9.17, 15) is 4.79 Å². The molecule has 6 heteroatoms. The van der Waals surface area contributed by atoms with Crippen molar-refractivity contribution >= 4 is 18.3 Å². The lowest BCUT2D eigenvalue weighted by atomic mass is 10.2. The smallest absolute Gasteiger partial charge is 0.239 e. The minimum Gasteiger partial charge on any atom is -0.467 e. The molecule has 2 heterocycles. The van der Waals surface area contributed by atoms with Crippen molar-refractivity contribution in [1.29, 1.82) is 0 Å². The van der Waals surface area contributed by atoms with Gasteiger partial charge in [-0.05, 0) is 12.1 Å². The molecule has 2 rings (SSSR count). The highest BCUT2D eigenvalue weighted by atomic mass is 35.5. The maximum Gasteiger partial charge on any atom is 0.239 e. The number of furan rings is 1. The summed E-state index contributed by atoms with van der Waals surface area (Å²) in [6.07, 6.45) is 1.59. The predicted octanol–water partition coefficient (Wildman–Crippen LogP) is 0.306. The van der Waals surface area contributed by atoms with E-state index in [1.54, 1.807) is 12.3 Å². The van der Waals surface area contributed by atoms with Crippen molar-refractivity contribution in [2.75, 3.05) is 19.8 Å². The Bertz CT molecular complexity index is 310. The van der Waals surface area contributed by atoms with E-state index in [4.69, 9.17) is 9.15 Å². The summed E-state index contributed by atoms with van der Waals surface area (Å²) in [5, 5.41) is 5.86. The third-order valence-corrected chi connectivity index (χ3v) is 2.26. The largest absolute Gasteiger partial charge is 0.467 e. The SMILES string of the molecule is Cl.O=C(NCc1ccco1)C1COCCN1. The highest BCUT2D eigenvalue weighted by Crippen LogP contribution is 1.99. The maximum absolute atomic E-state index is 11.6. The van der Waals surface area contributed by atoms with Crippen LogP contribution in [0.1, 0.15) is 5.76 Å². The Hall–Kier alpha value is -1.04. The number of ether oxygens (including phenoxy) is 1. The molecule has 0 radical (unpaired) electrons. The molecular formula is C10H15ClN2O3. The molecule has 1 fully saturated rings. The van der Waals surface area contributed by atoms with Crippen molar-refractivity contribution in [1.82, 2.24) is 10.6 Å². The summed E-state index contributed by atoms with van der Waals surface area (Å²) in [6, 6.07) is 3.38. The second kappa shape index (κ2) is 6.52. The first-order valence-corrected chi connectivity index (χ1v) is 4.97. The summed E-state index contributed by atoms with van der Waals surface area (Å²) in [4.78, 5) is 11.6. The lowest BCUT2D eigenvalue weighted by Gasteiger charge is -2.22. The average Bonchev–Trinajstić information content (AvgIpc) is 2.80. The molecule has 1 aromatic rings. The first kappa shape index (κ1) is 13.0. The Morgan fingerprint density at radius 2 is 2.50 bits per heavy atom. The molecule has 90 valence electrons. The second-order valence-electron chi connectivity index (χ2n) is 3.38. The molecule has 1 aliphatic rings. The summed E-state index contributed by atoms with van der Waals surface area (Å²) >= 11 is 0. The van der Waals surface area contributed by atoms with Gasteiger partial charge in [0.2, 0.25) is 5.91 Å². The zero-order valence-corrected chi connectivity index (χ0v) is 9.59. The predicted molar refractivity (Wildman–Crippen MR) is 60.4 cm³/mol. The minimum absolute atomic E-state index is 0. The second-order valence-corrected chi connectivity index (χ2v) is 3.38. The van der Waals surface area contributed by atoms with Crippen LogP contribution in [0.5, 0.6) is 0 Å². The van der Waals surface area contributed by atoms with Gasteiger partial charge in [-0.1, -0.05) is 0 Å². The van der Waals surface area contributed by atoms with Crippen molar-refractivity contribution in [3.05, 3.63) is 24.2 Å². The third kappa shape index (κ3) is 3.52. The van der Waals surface area contributed by atoms with E-state index in [0.717, 1.165) is 12.3 Å². The van der Waals surface area contributed by atoms with Gasteiger partial charge in [0.05, 0.1) is 26.0 Å². The molecule has 2 N–H and O–H groups in total. The van der Waals surface area contributed by atoms with Crippen LogP contribution in [0.2, 0.25) is 0 Å². The number of rotatable bonds is 3. The number of halogens is 1. The molecule has 1 aliphatic heterocycles.